The molecule has 1 unspecified atom stereocenters. The van der Waals surface area contributed by atoms with Crippen LogP contribution in [0.1, 0.15) is 16.0 Å². The van der Waals surface area contributed by atoms with Gasteiger partial charge in [0, 0.05) is 9.85 Å². The first-order chi connectivity index (χ1) is 8.99. The number of hydrogen-bond acceptors (Lipinski definition) is 0. The molecule has 0 amide bonds. The van der Waals surface area contributed by atoms with Crippen molar-refractivity contribution >= 4 is 27.5 Å². The van der Waals surface area contributed by atoms with E-state index in [2.05, 4.69) is 15.9 Å². The van der Waals surface area contributed by atoms with Gasteiger partial charge in [0.15, 0.2) is 17.5 Å². The number of alkyl halides is 1. The van der Waals surface area contributed by atoms with Crippen LogP contribution in [0.4, 0.5) is 13.2 Å². The normalized spacial score (nSPS) is 12.5. The maximum atomic E-state index is 13.2. The van der Waals surface area contributed by atoms with E-state index >= 15 is 0 Å². The van der Waals surface area contributed by atoms with Crippen molar-refractivity contribution in [3.8, 4) is 0 Å². The third kappa shape index (κ3) is 3.31. The fourth-order valence-electron chi connectivity index (χ4n) is 1.73. The molecule has 1 atom stereocenters. The van der Waals surface area contributed by atoms with Crippen molar-refractivity contribution < 1.29 is 13.2 Å². The van der Waals surface area contributed by atoms with Crippen LogP contribution in [0.5, 0.6) is 0 Å². The van der Waals surface area contributed by atoms with Gasteiger partial charge in [0.25, 0.3) is 0 Å². The molecule has 0 aliphatic carbocycles. The van der Waals surface area contributed by atoms with Crippen LogP contribution in [-0.2, 0) is 6.42 Å². The predicted octanol–water partition coefficient (Wildman–Crippen LogP) is 5.44. The summed E-state index contributed by atoms with van der Waals surface area (Å²) in [5, 5.41) is 0.579. The van der Waals surface area contributed by atoms with E-state index in [1.807, 2.05) is 12.1 Å². The first-order valence-electron chi connectivity index (χ1n) is 5.51. The minimum Gasteiger partial charge on any atom is -0.204 e. The van der Waals surface area contributed by atoms with Crippen LogP contribution in [0.25, 0.3) is 0 Å². The Morgan fingerprint density at radius 2 is 1.63 bits per heavy atom. The lowest BCUT2D eigenvalue weighted by Gasteiger charge is -2.12. The Bertz CT molecular complexity index is 578. The van der Waals surface area contributed by atoms with Gasteiger partial charge in [-0.05, 0) is 35.7 Å². The van der Waals surface area contributed by atoms with Gasteiger partial charge in [-0.2, -0.15) is 0 Å². The molecule has 2 rings (SSSR count). The van der Waals surface area contributed by atoms with Crippen molar-refractivity contribution in [2.75, 3.05) is 0 Å². The summed E-state index contributed by atoms with van der Waals surface area (Å²) < 4.78 is 39.2. The Balaban J connectivity index is 2.26. The van der Waals surface area contributed by atoms with Crippen LogP contribution < -0.4 is 0 Å². The Hall–Kier alpha value is -1.00. The van der Waals surface area contributed by atoms with Gasteiger partial charge in [0.1, 0.15) is 0 Å². The van der Waals surface area contributed by atoms with E-state index < -0.39 is 17.5 Å². The summed E-state index contributed by atoms with van der Waals surface area (Å²) >= 11 is 9.35. The van der Waals surface area contributed by atoms with Gasteiger partial charge >= 0.3 is 0 Å². The van der Waals surface area contributed by atoms with E-state index in [-0.39, 0.29) is 4.83 Å². The van der Waals surface area contributed by atoms with E-state index in [1.165, 1.54) is 0 Å². The minimum absolute atomic E-state index is 0.330. The average Bonchev–Trinajstić information content (AvgIpc) is 2.38. The topological polar surface area (TPSA) is 0 Å². The molecule has 0 aliphatic heterocycles. The monoisotopic (exact) mass is 348 g/mol. The average molecular weight is 350 g/mol. The molecule has 0 radical (unpaired) electrons. The molecule has 5 heteroatoms. The predicted molar refractivity (Wildman–Crippen MR) is 73.1 cm³/mol. The SMILES string of the molecule is Fc1cc(C(Br)Cc2ccccc2Cl)cc(F)c1F. The van der Waals surface area contributed by atoms with Gasteiger partial charge in [-0.1, -0.05) is 45.7 Å². The molecule has 2 aromatic carbocycles. The lowest BCUT2D eigenvalue weighted by molar-refractivity contribution is 0.445. The van der Waals surface area contributed by atoms with E-state index in [0.29, 0.717) is 17.0 Å². The van der Waals surface area contributed by atoms with Crippen LogP contribution in [0.3, 0.4) is 0 Å². The number of hydrogen-bond donors (Lipinski definition) is 0. The third-order valence-corrected chi connectivity index (χ3v) is 3.95. The molecule has 0 saturated carbocycles. The van der Waals surface area contributed by atoms with Gasteiger partial charge in [-0.25, -0.2) is 13.2 Å². The summed E-state index contributed by atoms with van der Waals surface area (Å²) in [7, 11) is 0. The maximum absolute atomic E-state index is 13.2. The largest absolute Gasteiger partial charge is 0.204 e. The van der Waals surface area contributed by atoms with E-state index in [9.17, 15) is 13.2 Å². The fraction of sp³-hybridized carbons (Fsp3) is 0.143. The summed E-state index contributed by atoms with van der Waals surface area (Å²) in [6.07, 6.45) is 0.449. The Labute approximate surface area is 122 Å². The highest BCUT2D eigenvalue weighted by Gasteiger charge is 2.16. The van der Waals surface area contributed by atoms with Gasteiger partial charge in [0.05, 0.1) is 0 Å². The number of benzene rings is 2. The second kappa shape index (κ2) is 5.97. The number of rotatable bonds is 3. The van der Waals surface area contributed by atoms with Gasteiger partial charge in [-0.15, -0.1) is 0 Å². The summed E-state index contributed by atoms with van der Waals surface area (Å²) in [6.45, 7) is 0. The smallest absolute Gasteiger partial charge is 0.194 e. The maximum Gasteiger partial charge on any atom is 0.194 e. The molecule has 2 aromatic rings. The molecule has 0 heterocycles. The molecule has 0 aliphatic rings. The lowest BCUT2D eigenvalue weighted by Crippen LogP contribution is -2.00. The molecular weight excluding hydrogens is 341 g/mol. The standard InChI is InChI=1S/C14H9BrClF3/c15-10(5-8-3-1-2-4-11(8)16)9-6-12(17)14(19)13(18)7-9/h1-4,6-7,10H,5H2. The van der Waals surface area contributed by atoms with E-state index in [4.69, 9.17) is 11.6 Å². The van der Waals surface area contributed by atoms with Crippen LogP contribution in [0, 0.1) is 17.5 Å². The van der Waals surface area contributed by atoms with Crippen molar-refractivity contribution in [1.29, 1.82) is 0 Å². The highest BCUT2D eigenvalue weighted by Crippen LogP contribution is 2.31. The minimum atomic E-state index is -1.46. The molecule has 0 bridgehead atoms. The Morgan fingerprint density at radius 3 is 2.21 bits per heavy atom. The zero-order valence-corrected chi connectivity index (χ0v) is 12.0. The first kappa shape index (κ1) is 14.4. The molecule has 0 nitrogen and oxygen atoms in total. The van der Waals surface area contributed by atoms with Crippen molar-refractivity contribution in [2.24, 2.45) is 0 Å². The summed E-state index contributed by atoms with van der Waals surface area (Å²) in [5.41, 5.74) is 1.17. The molecule has 100 valence electrons. The van der Waals surface area contributed by atoms with Crippen molar-refractivity contribution in [2.45, 2.75) is 11.2 Å². The van der Waals surface area contributed by atoms with Crippen LogP contribution in [-0.4, -0.2) is 0 Å². The van der Waals surface area contributed by atoms with E-state index in [1.54, 1.807) is 12.1 Å². The highest BCUT2D eigenvalue weighted by molar-refractivity contribution is 9.09. The van der Waals surface area contributed by atoms with Crippen molar-refractivity contribution in [3.05, 3.63) is 70.0 Å². The summed E-state index contributed by atoms with van der Waals surface area (Å²) in [5.74, 6) is -3.85. The Kier molecular flexibility index (Phi) is 4.53. The number of halogens is 5. The molecule has 0 fully saturated rings. The molecule has 0 aromatic heterocycles. The molecule has 0 spiro atoms. The van der Waals surface area contributed by atoms with Crippen molar-refractivity contribution in [3.63, 3.8) is 0 Å². The van der Waals surface area contributed by atoms with Gasteiger partial charge in [-0.3, -0.25) is 0 Å². The van der Waals surface area contributed by atoms with E-state index in [0.717, 1.165) is 17.7 Å². The fourth-order valence-corrected chi connectivity index (χ4v) is 2.56. The quantitative estimate of drug-likeness (QED) is 0.511. The molecule has 19 heavy (non-hydrogen) atoms. The second-order valence-corrected chi connectivity index (χ2v) is 5.57. The van der Waals surface area contributed by atoms with Crippen molar-refractivity contribution in [1.82, 2.24) is 0 Å². The molecular formula is C14H9BrClF3. The lowest BCUT2D eigenvalue weighted by atomic mass is 10.0. The Morgan fingerprint density at radius 1 is 1.05 bits per heavy atom. The van der Waals surface area contributed by atoms with Gasteiger partial charge < -0.3 is 0 Å². The second-order valence-electron chi connectivity index (χ2n) is 4.06. The van der Waals surface area contributed by atoms with Crippen LogP contribution in [0.15, 0.2) is 36.4 Å². The molecule has 0 saturated heterocycles. The highest BCUT2D eigenvalue weighted by atomic mass is 79.9. The van der Waals surface area contributed by atoms with Gasteiger partial charge in [0.2, 0.25) is 0 Å². The zero-order valence-electron chi connectivity index (χ0n) is 9.64. The zero-order chi connectivity index (χ0) is 14.0. The molecule has 0 N–H and O–H groups in total. The summed E-state index contributed by atoms with van der Waals surface area (Å²) in [4.78, 5) is -0.350. The summed E-state index contributed by atoms with van der Waals surface area (Å²) in [6, 6.07) is 9.15. The van der Waals surface area contributed by atoms with Crippen LogP contribution in [0.2, 0.25) is 5.02 Å². The first-order valence-corrected chi connectivity index (χ1v) is 6.80. The van der Waals surface area contributed by atoms with Crippen LogP contribution >= 0.6 is 27.5 Å². The third-order valence-electron chi connectivity index (χ3n) is 2.72.